The number of nitrogen functional groups attached to an aromatic ring is 2. The molecule has 0 saturated carbocycles. The SMILES string of the molecule is CC1=C(N)OC(N)C12CCc1c(N)oc(N)c1C2. The Morgan fingerprint density at radius 1 is 1.17 bits per heavy atom. The molecule has 1 spiro atoms. The summed E-state index contributed by atoms with van der Waals surface area (Å²) < 4.78 is 10.8. The Morgan fingerprint density at radius 3 is 2.44 bits per heavy atom. The molecule has 1 aliphatic heterocycles. The second-order valence-electron chi connectivity index (χ2n) is 5.15. The molecule has 1 aromatic rings. The predicted octanol–water partition coefficient (Wildman–Crippen LogP) is 0.424. The number of ether oxygens (including phenoxy) is 1. The van der Waals surface area contributed by atoms with Crippen LogP contribution in [0.4, 0.5) is 11.8 Å². The van der Waals surface area contributed by atoms with Crippen LogP contribution in [-0.2, 0) is 17.6 Å². The minimum Gasteiger partial charge on any atom is -0.460 e. The lowest BCUT2D eigenvalue weighted by atomic mass is 9.68. The molecule has 2 heterocycles. The highest BCUT2D eigenvalue weighted by molar-refractivity contribution is 5.57. The van der Waals surface area contributed by atoms with Crippen LogP contribution in [0.25, 0.3) is 0 Å². The van der Waals surface area contributed by atoms with Crippen molar-refractivity contribution in [2.45, 2.75) is 32.4 Å². The topological polar surface area (TPSA) is 126 Å². The van der Waals surface area contributed by atoms with Gasteiger partial charge in [0.25, 0.3) is 0 Å². The Morgan fingerprint density at radius 2 is 1.83 bits per heavy atom. The van der Waals surface area contributed by atoms with Crippen LogP contribution >= 0.6 is 0 Å². The number of hydrogen-bond donors (Lipinski definition) is 4. The normalized spacial score (nSPS) is 30.7. The maximum Gasteiger partial charge on any atom is 0.196 e. The lowest BCUT2D eigenvalue weighted by Crippen LogP contribution is -2.44. The van der Waals surface area contributed by atoms with E-state index in [1.54, 1.807) is 0 Å². The Labute approximate surface area is 105 Å². The summed E-state index contributed by atoms with van der Waals surface area (Å²) >= 11 is 0. The van der Waals surface area contributed by atoms with E-state index in [2.05, 4.69) is 0 Å². The summed E-state index contributed by atoms with van der Waals surface area (Å²) in [7, 11) is 0. The van der Waals surface area contributed by atoms with Gasteiger partial charge in [0.05, 0.1) is 5.41 Å². The highest BCUT2D eigenvalue weighted by Crippen LogP contribution is 2.50. The van der Waals surface area contributed by atoms with E-state index in [9.17, 15) is 0 Å². The van der Waals surface area contributed by atoms with Gasteiger partial charge in [0.1, 0.15) is 0 Å². The van der Waals surface area contributed by atoms with Crippen molar-refractivity contribution in [3.05, 3.63) is 22.6 Å². The molecule has 6 heteroatoms. The first kappa shape index (κ1) is 11.3. The first-order chi connectivity index (χ1) is 8.45. The van der Waals surface area contributed by atoms with Crippen molar-refractivity contribution in [1.82, 2.24) is 0 Å². The molecule has 0 saturated heterocycles. The van der Waals surface area contributed by atoms with Gasteiger partial charge in [0.2, 0.25) is 0 Å². The molecule has 2 aliphatic rings. The fraction of sp³-hybridized carbons (Fsp3) is 0.500. The smallest absolute Gasteiger partial charge is 0.196 e. The fourth-order valence-corrected chi connectivity index (χ4v) is 3.12. The number of hydrogen-bond acceptors (Lipinski definition) is 6. The molecular weight excluding hydrogens is 232 g/mol. The van der Waals surface area contributed by atoms with E-state index in [0.29, 0.717) is 24.1 Å². The minimum absolute atomic E-state index is 0.276. The van der Waals surface area contributed by atoms with Crippen LogP contribution in [0.2, 0.25) is 0 Å². The molecule has 3 rings (SSSR count). The third-order valence-electron chi connectivity index (χ3n) is 4.41. The van der Waals surface area contributed by atoms with Gasteiger partial charge in [-0.15, -0.1) is 0 Å². The predicted molar refractivity (Wildman–Crippen MR) is 67.9 cm³/mol. The van der Waals surface area contributed by atoms with E-state index in [1.165, 1.54) is 0 Å². The molecule has 1 aliphatic carbocycles. The largest absolute Gasteiger partial charge is 0.460 e. The third-order valence-corrected chi connectivity index (χ3v) is 4.41. The van der Waals surface area contributed by atoms with Crippen molar-refractivity contribution >= 4 is 11.8 Å². The van der Waals surface area contributed by atoms with Gasteiger partial charge in [0, 0.05) is 11.1 Å². The molecule has 0 bridgehead atoms. The zero-order chi connectivity index (χ0) is 13.1. The Bertz CT molecular complexity index is 549. The Kier molecular flexibility index (Phi) is 2.10. The van der Waals surface area contributed by atoms with Crippen molar-refractivity contribution < 1.29 is 9.15 Å². The van der Waals surface area contributed by atoms with Crippen LogP contribution < -0.4 is 22.9 Å². The second kappa shape index (κ2) is 3.35. The molecule has 0 aromatic carbocycles. The van der Waals surface area contributed by atoms with Crippen LogP contribution in [0.3, 0.4) is 0 Å². The van der Waals surface area contributed by atoms with Gasteiger partial charge < -0.3 is 26.4 Å². The summed E-state index contributed by atoms with van der Waals surface area (Å²) in [5.41, 5.74) is 26.3. The number of rotatable bonds is 0. The van der Waals surface area contributed by atoms with Crippen LogP contribution in [0, 0.1) is 5.41 Å². The van der Waals surface area contributed by atoms with Crippen LogP contribution in [0.15, 0.2) is 15.9 Å². The summed E-state index contributed by atoms with van der Waals surface area (Å²) in [5.74, 6) is 1.23. The zero-order valence-electron chi connectivity index (χ0n) is 10.3. The molecule has 0 amide bonds. The van der Waals surface area contributed by atoms with Gasteiger partial charge in [-0.25, -0.2) is 0 Å². The number of nitrogens with two attached hydrogens (primary N) is 4. The Hall–Kier alpha value is -1.82. The van der Waals surface area contributed by atoms with Crippen LogP contribution in [-0.4, -0.2) is 6.23 Å². The Balaban J connectivity index is 2.07. The van der Waals surface area contributed by atoms with Crippen LogP contribution in [0.5, 0.6) is 0 Å². The van der Waals surface area contributed by atoms with Gasteiger partial charge in [-0.3, -0.25) is 5.73 Å². The molecule has 1 aromatic heterocycles. The summed E-state index contributed by atoms with van der Waals surface area (Å²) in [6, 6.07) is 0. The van der Waals surface area contributed by atoms with Gasteiger partial charge in [-0.05, 0) is 31.8 Å². The molecule has 0 radical (unpaired) electrons. The first-order valence-electron chi connectivity index (χ1n) is 6.00. The standard InChI is InChI=1S/C12H18N4O2/c1-5-8(13)18-11(16)12(5)3-2-6-7(4-12)10(15)17-9(6)14/h11H,2-4,13-16H2,1H3. The summed E-state index contributed by atoms with van der Waals surface area (Å²) in [5, 5.41) is 0. The molecule has 98 valence electrons. The van der Waals surface area contributed by atoms with Crippen molar-refractivity contribution in [3.63, 3.8) is 0 Å². The van der Waals surface area contributed by atoms with Crippen molar-refractivity contribution in [3.8, 4) is 0 Å². The molecule has 2 atom stereocenters. The average molecular weight is 250 g/mol. The zero-order valence-corrected chi connectivity index (χ0v) is 10.3. The highest BCUT2D eigenvalue weighted by atomic mass is 16.5. The maximum atomic E-state index is 6.09. The fourth-order valence-electron chi connectivity index (χ4n) is 3.12. The lowest BCUT2D eigenvalue weighted by Gasteiger charge is -2.36. The van der Waals surface area contributed by atoms with E-state index in [4.69, 9.17) is 32.1 Å². The lowest BCUT2D eigenvalue weighted by molar-refractivity contribution is 0.0538. The number of furan rings is 1. The van der Waals surface area contributed by atoms with Crippen LogP contribution in [0.1, 0.15) is 24.5 Å². The summed E-state index contributed by atoms with van der Waals surface area (Å²) in [6.07, 6.45) is 1.87. The minimum atomic E-state index is -0.429. The van der Waals surface area contributed by atoms with Gasteiger partial charge in [-0.2, -0.15) is 0 Å². The number of fused-ring (bicyclic) bond motifs is 1. The van der Waals surface area contributed by atoms with E-state index in [0.717, 1.165) is 29.5 Å². The van der Waals surface area contributed by atoms with Crippen molar-refractivity contribution in [2.24, 2.45) is 16.9 Å². The second-order valence-corrected chi connectivity index (χ2v) is 5.15. The summed E-state index contributed by atoms with van der Waals surface area (Å²) in [4.78, 5) is 0. The molecule has 18 heavy (non-hydrogen) atoms. The maximum absolute atomic E-state index is 6.09. The van der Waals surface area contributed by atoms with Crippen molar-refractivity contribution in [1.29, 1.82) is 0 Å². The quantitative estimate of drug-likeness (QED) is 0.528. The van der Waals surface area contributed by atoms with E-state index in [-0.39, 0.29) is 5.41 Å². The molecular formula is C12H18N4O2. The third kappa shape index (κ3) is 1.21. The van der Waals surface area contributed by atoms with Gasteiger partial charge in [-0.1, -0.05) is 0 Å². The van der Waals surface area contributed by atoms with E-state index < -0.39 is 6.23 Å². The van der Waals surface area contributed by atoms with E-state index in [1.807, 2.05) is 6.92 Å². The van der Waals surface area contributed by atoms with E-state index >= 15 is 0 Å². The molecule has 0 fully saturated rings. The monoisotopic (exact) mass is 250 g/mol. The van der Waals surface area contributed by atoms with Gasteiger partial charge in [0.15, 0.2) is 23.9 Å². The van der Waals surface area contributed by atoms with Crippen molar-refractivity contribution in [2.75, 3.05) is 11.5 Å². The highest BCUT2D eigenvalue weighted by Gasteiger charge is 2.49. The number of anilines is 2. The molecule has 8 N–H and O–H groups in total. The molecule has 2 unspecified atom stereocenters. The molecule has 6 nitrogen and oxygen atoms in total. The summed E-state index contributed by atoms with van der Waals surface area (Å²) in [6.45, 7) is 1.97. The first-order valence-corrected chi connectivity index (χ1v) is 6.00. The average Bonchev–Trinajstić information content (AvgIpc) is 2.72. The van der Waals surface area contributed by atoms with Gasteiger partial charge >= 0.3 is 0 Å².